The lowest BCUT2D eigenvalue weighted by Crippen LogP contribution is -2.21. The van der Waals surface area contributed by atoms with Crippen LogP contribution in [0.1, 0.15) is 37.4 Å². The van der Waals surface area contributed by atoms with Crippen LogP contribution in [0.25, 0.3) is 6.08 Å². The average molecular weight is 342 g/mol. The lowest BCUT2D eigenvalue weighted by molar-refractivity contribution is 0.0977. The van der Waals surface area contributed by atoms with Gasteiger partial charge in [-0.3, -0.25) is 9.59 Å². The molecule has 0 heterocycles. The third-order valence-electron chi connectivity index (χ3n) is 4.17. The zero-order valence-corrected chi connectivity index (χ0v) is 14.1. The van der Waals surface area contributed by atoms with Crippen molar-refractivity contribution >= 4 is 29.4 Å². The Morgan fingerprint density at radius 1 is 0.640 bits per heavy atom. The number of hydrogen-bond donors (Lipinski definition) is 0. The highest BCUT2D eigenvalue weighted by Gasteiger charge is 2.30. The Balaban J connectivity index is 1.71. The number of fused-ring (bicyclic) bond motifs is 2. The van der Waals surface area contributed by atoms with Gasteiger partial charge in [-0.2, -0.15) is 0 Å². The predicted molar refractivity (Wildman–Crippen MR) is 101 cm³/mol. The van der Waals surface area contributed by atoms with Gasteiger partial charge in [0.2, 0.25) is 0 Å². The SMILES string of the molecule is O=C1c2ccccc2C(=O)c2c(SC=Cc3ccccc3)cccc21. The van der Waals surface area contributed by atoms with Gasteiger partial charge in [-0.1, -0.05) is 78.5 Å². The third-order valence-corrected chi connectivity index (χ3v) is 5.04. The molecule has 0 aromatic heterocycles. The molecule has 25 heavy (non-hydrogen) atoms. The van der Waals surface area contributed by atoms with Crippen molar-refractivity contribution in [3.63, 3.8) is 0 Å². The summed E-state index contributed by atoms with van der Waals surface area (Å²) >= 11 is 1.46. The summed E-state index contributed by atoms with van der Waals surface area (Å²) in [6.45, 7) is 0. The van der Waals surface area contributed by atoms with Gasteiger partial charge in [0.1, 0.15) is 0 Å². The van der Waals surface area contributed by atoms with E-state index in [9.17, 15) is 9.59 Å². The van der Waals surface area contributed by atoms with Crippen LogP contribution in [0.3, 0.4) is 0 Å². The fourth-order valence-corrected chi connectivity index (χ4v) is 3.81. The molecule has 0 unspecified atom stereocenters. The molecule has 3 aromatic carbocycles. The maximum atomic E-state index is 12.9. The van der Waals surface area contributed by atoms with Crippen LogP contribution < -0.4 is 0 Å². The van der Waals surface area contributed by atoms with Crippen LogP contribution in [0.2, 0.25) is 0 Å². The van der Waals surface area contributed by atoms with Crippen LogP contribution in [0.5, 0.6) is 0 Å². The van der Waals surface area contributed by atoms with E-state index >= 15 is 0 Å². The predicted octanol–water partition coefficient (Wildman–Crippen LogP) is 5.23. The maximum absolute atomic E-state index is 12.9. The zero-order valence-electron chi connectivity index (χ0n) is 13.3. The first-order valence-corrected chi connectivity index (χ1v) is 8.83. The Morgan fingerprint density at radius 2 is 1.28 bits per heavy atom. The lowest BCUT2D eigenvalue weighted by atomic mass is 9.84. The Morgan fingerprint density at radius 3 is 2.04 bits per heavy atom. The summed E-state index contributed by atoms with van der Waals surface area (Å²) in [6, 6.07) is 22.4. The van der Waals surface area contributed by atoms with Gasteiger partial charge in [-0.05, 0) is 23.1 Å². The second-order valence-corrected chi connectivity index (χ2v) is 6.66. The molecule has 0 radical (unpaired) electrons. The van der Waals surface area contributed by atoms with Crippen molar-refractivity contribution in [2.45, 2.75) is 4.90 Å². The van der Waals surface area contributed by atoms with E-state index in [0.717, 1.165) is 10.5 Å². The lowest BCUT2D eigenvalue weighted by Gasteiger charge is -2.19. The standard InChI is InChI=1S/C22H14O2S/c23-21-16-9-4-5-10-17(16)22(24)20-18(21)11-6-12-19(20)25-14-13-15-7-2-1-3-8-15/h1-14H. The minimum absolute atomic E-state index is 0.0820. The molecule has 120 valence electrons. The maximum Gasteiger partial charge on any atom is 0.195 e. The molecule has 0 bridgehead atoms. The second kappa shape index (κ2) is 6.54. The number of carbonyl (C=O) groups excluding carboxylic acids is 2. The molecule has 0 atom stereocenters. The van der Waals surface area contributed by atoms with E-state index in [1.54, 1.807) is 30.3 Å². The number of carbonyl (C=O) groups is 2. The van der Waals surface area contributed by atoms with E-state index < -0.39 is 0 Å². The molecule has 0 saturated carbocycles. The van der Waals surface area contributed by atoms with Crippen LogP contribution in [0.4, 0.5) is 0 Å². The highest BCUT2D eigenvalue weighted by atomic mass is 32.2. The van der Waals surface area contributed by atoms with Crippen molar-refractivity contribution in [1.82, 2.24) is 0 Å². The first kappa shape index (κ1) is 15.6. The minimum Gasteiger partial charge on any atom is -0.289 e. The zero-order chi connectivity index (χ0) is 17.2. The van der Waals surface area contributed by atoms with Crippen molar-refractivity contribution < 1.29 is 9.59 Å². The Kier molecular flexibility index (Phi) is 4.08. The largest absolute Gasteiger partial charge is 0.289 e. The molecule has 0 amide bonds. The topological polar surface area (TPSA) is 34.1 Å². The summed E-state index contributed by atoms with van der Waals surface area (Å²) < 4.78 is 0. The summed E-state index contributed by atoms with van der Waals surface area (Å²) in [6.07, 6.45) is 1.99. The van der Waals surface area contributed by atoms with Crippen molar-refractivity contribution in [2.75, 3.05) is 0 Å². The molecule has 0 spiro atoms. The Bertz CT molecular complexity index is 1000. The Hall–Kier alpha value is -2.91. The smallest absolute Gasteiger partial charge is 0.195 e. The van der Waals surface area contributed by atoms with E-state index in [1.165, 1.54) is 11.8 Å². The molecule has 0 aliphatic heterocycles. The molecule has 3 aromatic rings. The van der Waals surface area contributed by atoms with Gasteiger partial charge in [0.15, 0.2) is 11.6 Å². The summed E-state index contributed by atoms with van der Waals surface area (Å²) in [5.74, 6) is -0.166. The molecule has 2 nitrogen and oxygen atoms in total. The normalized spacial score (nSPS) is 13.0. The van der Waals surface area contributed by atoms with Gasteiger partial charge in [-0.15, -0.1) is 0 Å². The summed E-state index contributed by atoms with van der Waals surface area (Å²) in [5, 5.41) is 1.95. The fourth-order valence-electron chi connectivity index (χ4n) is 2.96. The van der Waals surface area contributed by atoms with E-state index in [0.29, 0.717) is 22.3 Å². The van der Waals surface area contributed by atoms with Crippen LogP contribution in [-0.4, -0.2) is 11.6 Å². The first-order chi connectivity index (χ1) is 12.3. The second-order valence-electron chi connectivity index (χ2n) is 5.71. The number of hydrogen-bond acceptors (Lipinski definition) is 3. The summed E-state index contributed by atoms with van der Waals surface area (Å²) in [7, 11) is 0. The molecule has 0 fully saturated rings. The van der Waals surface area contributed by atoms with Gasteiger partial charge >= 0.3 is 0 Å². The number of ketones is 2. The molecule has 4 rings (SSSR count). The molecular weight excluding hydrogens is 328 g/mol. The molecule has 0 saturated heterocycles. The quantitative estimate of drug-likeness (QED) is 0.478. The Labute approximate surface area is 150 Å². The van der Waals surface area contributed by atoms with Gasteiger partial charge in [-0.25, -0.2) is 0 Å². The van der Waals surface area contributed by atoms with Crippen molar-refractivity contribution in [3.8, 4) is 0 Å². The molecule has 1 aliphatic rings. The number of benzene rings is 3. The van der Waals surface area contributed by atoms with Crippen LogP contribution in [0.15, 0.2) is 83.1 Å². The summed E-state index contributed by atoms with van der Waals surface area (Å²) in [4.78, 5) is 26.4. The van der Waals surface area contributed by atoms with E-state index in [1.807, 2.05) is 53.9 Å². The molecular formula is C22H14O2S. The molecule has 0 N–H and O–H groups in total. The van der Waals surface area contributed by atoms with Crippen LogP contribution in [0, 0.1) is 0 Å². The average Bonchev–Trinajstić information content (AvgIpc) is 2.67. The van der Waals surface area contributed by atoms with Gasteiger partial charge in [0.05, 0.1) is 0 Å². The van der Waals surface area contributed by atoms with E-state index in [4.69, 9.17) is 0 Å². The highest BCUT2D eigenvalue weighted by Crippen LogP contribution is 2.34. The van der Waals surface area contributed by atoms with Crippen LogP contribution in [-0.2, 0) is 0 Å². The van der Waals surface area contributed by atoms with E-state index in [2.05, 4.69) is 0 Å². The van der Waals surface area contributed by atoms with Gasteiger partial charge < -0.3 is 0 Å². The van der Waals surface area contributed by atoms with Crippen molar-refractivity contribution in [2.24, 2.45) is 0 Å². The minimum atomic E-state index is -0.0836. The third kappa shape index (κ3) is 2.83. The molecule has 1 aliphatic carbocycles. The number of thioether (sulfide) groups is 1. The van der Waals surface area contributed by atoms with Gasteiger partial charge in [0.25, 0.3) is 0 Å². The highest BCUT2D eigenvalue weighted by molar-refractivity contribution is 8.02. The number of rotatable bonds is 3. The monoisotopic (exact) mass is 342 g/mol. The summed E-state index contributed by atoms with van der Waals surface area (Å²) in [5.41, 5.74) is 3.06. The molecule has 3 heteroatoms. The van der Waals surface area contributed by atoms with Crippen LogP contribution >= 0.6 is 11.8 Å². The van der Waals surface area contributed by atoms with Crippen molar-refractivity contribution in [1.29, 1.82) is 0 Å². The first-order valence-electron chi connectivity index (χ1n) is 7.95. The fraction of sp³-hybridized carbons (Fsp3) is 0. The van der Waals surface area contributed by atoms with Gasteiger partial charge in [0, 0.05) is 27.1 Å². The van der Waals surface area contributed by atoms with E-state index in [-0.39, 0.29) is 11.6 Å². The van der Waals surface area contributed by atoms with Crippen molar-refractivity contribution in [3.05, 3.63) is 106 Å².